The van der Waals surface area contributed by atoms with E-state index in [9.17, 15) is 9.59 Å². The summed E-state index contributed by atoms with van der Waals surface area (Å²) in [5, 5.41) is 2.04. The quantitative estimate of drug-likeness (QED) is 0.651. The molecule has 0 aliphatic carbocycles. The topological polar surface area (TPSA) is 46.2 Å². The Balaban J connectivity index is 2.87. The van der Waals surface area contributed by atoms with Crippen LogP contribution in [0.3, 0.4) is 0 Å². The lowest BCUT2D eigenvalue weighted by atomic mass is 9.96. The summed E-state index contributed by atoms with van der Waals surface area (Å²) in [5.74, 6) is 0.0152. The number of nitrogens with one attached hydrogen (secondary N) is 1. The van der Waals surface area contributed by atoms with Crippen LogP contribution in [0, 0.1) is 5.92 Å². The van der Waals surface area contributed by atoms with Gasteiger partial charge in [0.2, 0.25) is 5.91 Å². The maximum absolute atomic E-state index is 11.2. The van der Waals surface area contributed by atoms with Crippen LogP contribution in [-0.2, 0) is 4.79 Å². The molecule has 0 saturated carbocycles. The van der Waals surface area contributed by atoms with Crippen LogP contribution in [0.1, 0.15) is 20.8 Å². The zero-order chi connectivity index (χ0) is 8.65. The Hall–Kier alpha value is -0.510. The zero-order valence-corrected chi connectivity index (χ0v) is 7.62. The maximum atomic E-state index is 11.2. The van der Waals surface area contributed by atoms with Gasteiger partial charge in [-0.1, -0.05) is 13.8 Å². The van der Waals surface area contributed by atoms with E-state index in [-0.39, 0.29) is 17.1 Å². The first kappa shape index (κ1) is 8.59. The van der Waals surface area contributed by atoms with Gasteiger partial charge >= 0.3 is 0 Å². The number of amides is 2. The molecule has 1 rings (SSSR count). The van der Waals surface area contributed by atoms with E-state index in [0.717, 1.165) is 11.8 Å². The van der Waals surface area contributed by atoms with Crippen LogP contribution in [0.4, 0.5) is 4.79 Å². The van der Waals surface area contributed by atoms with E-state index in [4.69, 9.17) is 0 Å². The molecule has 0 aromatic rings. The molecule has 4 heteroatoms. The van der Waals surface area contributed by atoms with Gasteiger partial charge in [-0.25, -0.2) is 0 Å². The predicted octanol–water partition coefficient (Wildman–Crippen LogP) is 1.38. The molecule has 62 valence electrons. The number of hydrogen-bond donors (Lipinski definition) is 1. The van der Waals surface area contributed by atoms with E-state index in [1.807, 2.05) is 13.8 Å². The van der Waals surface area contributed by atoms with Crippen molar-refractivity contribution in [1.29, 1.82) is 0 Å². The minimum absolute atomic E-state index is 0.164. The second-order valence-corrected chi connectivity index (χ2v) is 4.53. The number of carbonyl (C=O) groups is 2. The molecule has 0 bridgehead atoms. The Morgan fingerprint density at radius 3 is 2.18 bits per heavy atom. The van der Waals surface area contributed by atoms with Crippen LogP contribution in [0.15, 0.2) is 0 Å². The van der Waals surface area contributed by atoms with Crippen LogP contribution in [-0.4, -0.2) is 15.9 Å². The lowest BCUT2D eigenvalue weighted by molar-refractivity contribution is -0.122. The Morgan fingerprint density at radius 1 is 1.45 bits per heavy atom. The molecular weight excluding hydrogens is 162 g/mol. The summed E-state index contributed by atoms with van der Waals surface area (Å²) >= 11 is 1.08. The minimum Gasteiger partial charge on any atom is -0.286 e. The molecule has 1 aliphatic heterocycles. The molecule has 1 N–H and O–H groups in total. The number of rotatable bonds is 1. The van der Waals surface area contributed by atoms with Crippen molar-refractivity contribution in [1.82, 2.24) is 5.32 Å². The van der Waals surface area contributed by atoms with Crippen molar-refractivity contribution in [3.8, 4) is 0 Å². The molecule has 1 fully saturated rings. The third kappa shape index (κ3) is 1.27. The molecule has 1 saturated heterocycles. The fraction of sp³-hybridized carbons (Fsp3) is 0.714. The second kappa shape index (κ2) is 2.52. The smallest absolute Gasteiger partial charge is 0.286 e. The Bertz CT molecular complexity index is 214. The highest BCUT2D eigenvalue weighted by molar-refractivity contribution is 8.16. The molecular formula is C7H11NO2S. The van der Waals surface area contributed by atoms with Gasteiger partial charge in [0.15, 0.2) is 0 Å². The average molecular weight is 173 g/mol. The standard InChI is InChI=1S/C7H11NO2S/c1-4(2)7(3)5(9)8-6(10)11-7/h4H,1-3H3,(H,8,9,10)/t7-/m0/s1. The van der Waals surface area contributed by atoms with Gasteiger partial charge in [-0.2, -0.15) is 0 Å². The number of carbonyl (C=O) groups excluding carboxylic acids is 2. The predicted molar refractivity (Wildman–Crippen MR) is 44.4 cm³/mol. The van der Waals surface area contributed by atoms with Gasteiger partial charge in [0.25, 0.3) is 5.24 Å². The van der Waals surface area contributed by atoms with Crippen molar-refractivity contribution in [3.63, 3.8) is 0 Å². The summed E-state index contributed by atoms with van der Waals surface area (Å²) in [6.45, 7) is 5.67. The highest BCUT2D eigenvalue weighted by Gasteiger charge is 2.45. The van der Waals surface area contributed by atoms with Gasteiger partial charge in [0, 0.05) is 0 Å². The molecule has 0 aromatic carbocycles. The molecule has 2 amide bonds. The van der Waals surface area contributed by atoms with Gasteiger partial charge in [-0.3, -0.25) is 14.9 Å². The largest absolute Gasteiger partial charge is 0.286 e. The number of imide groups is 1. The molecule has 0 spiro atoms. The molecule has 3 nitrogen and oxygen atoms in total. The van der Waals surface area contributed by atoms with Gasteiger partial charge in [-0.05, 0) is 24.6 Å². The monoisotopic (exact) mass is 173 g/mol. The van der Waals surface area contributed by atoms with Crippen molar-refractivity contribution >= 4 is 22.9 Å². The number of thioether (sulfide) groups is 1. The summed E-state index contributed by atoms with van der Waals surface area (Å²) in [6.07, 6.45) is 0. The first-order valence-corrected chi connectivity index (χ1v) is 4.33. The lowest BCUT2D eigenvalue weighted by Crippen LogP contribution is -2.38. The van der Waals surface area contributed by atoms with E-state index < -0.39 is 4.75 Å². The highest BCUT2D eigenvalue weighted by Crippen LogP contribution is 2.37. The zero-order valence-electron chi connectivity index (χ0n) is 6.80. The molecule has 11 heavy (non-hydrogen) atoms. The molecule has 1 atom stereocenters. The number of hydrogen-bond acceptors (Lipinski definition) is 3. The molecule has 1 heterocycles. The van der Waals surface area contributed by atoms with Gasteiger partial charge in [-0.15, -0.1) is 0 Å². The van der Waals surface area contributed by atoms with E-state index in [0.29, 0.717) is 0 Å². The van der Waals surface area contributed by atoms with Gasteiger partial charge in [0.05, 0.1) is 0 Å². The van der Waals surface area contributed by atoms with Crippen LogP contribution < -0.4 is 5.32 Å². The molecule has 0 aromatic heterocycles. The summed E-state index contributed by atoms with van der Waals surface area (Å²) in [7, 11) is 0. The first-order chi connectivity index (χ1) is 4.97. The first-order valence-electron chi connectivity index (χ1n) is 3.51. The Kier molecular flexibility index (Phi) is 1.96. The van der Waals surface area contributed by atoms with Crippen LogP contribution in [0.2, 0.25) is 0 Å². The van der Waals surface area contributed by atoms with Crippen molar-refractivity contribution in [2.75, 3.05) is 0 Å². The van der Waals surface area contributed by atoms with Crippen LogP contribution in [0.5, 0.6) is 0 Å². The summed E-state index contributed by atoms with van der Waals surface area (Å²) in [4.78, 5) is 22.0. The Labute approximate surface area is 69.9 Å². The summed E-state index contributed by atoms with van der Waals surface area (Å²) in [6, 6.07) is 0. The summed E-state index contributed by atoms with van der Waals surface area (Å²) in [5.41, 5.74) is 0. The summed E-state index contributed by atoms with van der Waals surface area (Å²) < 4.78 is -0.558. The molecule has 1 aliphatic rings. The third-order valence-corrected chi connectivity index (χ3v) is 3.44. The molecule has 0 unspecified atom stereocenters. The van der Waals surface area contributed by atoms with Crippen LogP contribution >= 0.6 is 11.8 Å². The van der Waals surface area contributed by atoms with E-state index in [2.05, 4.69) is 5.32 Å². The van der Waals surface area contributed by atoms with E-state index in [1.165, 1.54) is 0 Å². The van der Waals surface area contributed by atoms with Crippen molar-refractivity contribution in [2.45, 2.75) is 25.5 Å². The third-order valence-electron chi connectivity index (χ3n) is 2.07. The van der Waals surface area contributed by atoms with Crippen molar-refractivity contribution in [2.24, 2.45) is 5.92 Å². The Morgan fingerprint density at radius 2 is 2.00 bits per heavy atom. The van der Waals surface area contributed by atoms with E-state index >= 15 is 0 Å². The lowest BCUT2D eigenvalue weighted by Gasteiger charge is -2.22. The second-order valence-electron chi connectivity index (χ2n) is 3.11. The fourth-order valence-corrected chi connectivity index (χ4v) is 1.77. The van der Waals surface area contributed by atoms with Crippen LogP contribution in [0.25, 0.3) is 0 Å². The SMILES string of the molecule is CC(C)[C@]1(C)SC(=O)NC1=O. The molecule has 0 radical (unpaired) electrons. The maximum Gasteiger partial charge on any atom is 0.286 e. The highest BCUT2D eigenvalue weighted by atomic mass is 32.2. The van der Waals surface area contributed by atoms with Crippen molar-refractivity contribution in [3.05, 3.63) is 0 Å². The van der Waals surface area contributed by atoms with E-state index in [1.54, 1.807) is 6.92 Å². The minimum atomic E-state index is -0.558. The average Bonchev–Trinajstić information content (AvgIpc) is 2.08. The van der Waals surface area contributed by atoms with Crippen molar-refractivity contribution < 1.29 is 9.59 Å². The van der Waals surface area contributed by atoms with Gasteiger partial charge in [0.1, 0.15) is 4.75 Å². The normalized spacial score (nSPS) is 31.3. The fourth-order valence-electron chi connectivity index (χ4n) is 0.861. The van der Waals surface area contributed by atoms with Gasteiger partial charge < -0.3 is 0 Å².